The monoisotopic (exact) mass is 242 g/mol. The van der Waals surface area contributed by atoms with Crippen LogP contribution in [0.15, 0.2) is 24.7 Å². The van der Waals surface area contributed by atoms with Gasteiger partial charge >= 0.3 is 0 Å². The van der Waals surface area contributed by atoms with Crippen LogP contribution in [0.1, 0.15) is 36.6 Å². The van der Waals surface area contributed by atoms with Gasteiger partial charge in [-0.2, -0.15) is 0 Å². The van der Waals surface area contributed by atoms with Crippen LogP contribution in [0.25, 0.3) is 11.4 Å². The third-order valence-corrected chi connectivity index (χ3v) is 2.94. The van der Waals surface area contributed by atoms with E-state index in [1.165, 1.54) is 0 Å². The highest BCUT2D eigenvalue weighted by Gasteiger charge is 2.12. The summed E-state index contributed by atoms with van der Waals surface area (Å²) in [5, 5.41) is 0. The highest BCUT2D eigenvalue weighted by Crippen LogP contribution is 2.22. The molecular weight excluding hydrogens is 224 g/mol. The molecule has 2 aromatic heterocycles. The Hall–Kier alpha value is -1.81. The number of pyridine rings is 1. The number of hydrogen-bond acceptors (Lipinski definition) is 4. The second-order valence-corrected chi connectivity index (χ2v) is 4.65. The van der Waals surface area contributed by atoms with Crippen LogP contribution in [0.3, 0.4) is 0 Å². The maximum Gasteiger partial charge on any atom is 0.161 e. The van der Waals surface area contributed by atoms with E-state index in [1.807, 2.05) is 19.2 Å². The van der Waals surface area contributed by atoms with Crippen molar-refractivity contribution < 1.29 is 0 Å². The van der Waals surface area contributed by atoms with Crippen LogP contribution in [0.4, 0.5) is 0 Å². The van der Waals surface area contributed by atoms with Crippen LogP contribution >= 0.6 is 0 Å². The van der Waals surface area contributed by atoms with Crippen LogP contribution in [-0.4, -0.2) is 15.0 Å². The molecular formula is C14H18N4. The molecule has 0 fully saturated rings. The van der Waals surface area contributed by atoms with Gasteiger partial charge in [-0.25, -0.2) is 9.97 Å². The Morgan fingerprint density at radius 2 is 2.06 bits per heavy atom. The van der Waals surface area contributed by atoms with Crippen LogP contribution in [0.5, 0.6) is 0 Å². The average Bonchev–Trinajstić information content (AvgIpc) is 2.38. The summed E-state index contributed by atoms with van der Waals surface area (Å²) in [6, 6.07) is 1.96. The Bertz CT molecular complexity index is 549. The highest BCUT2D eigenvalue weighted by molar-refractivity contribution is 5.58. The van der Waals surface area contributed by atoms with Crippen molar-refractivity contribution >= 4 is 0 Å². The SMILES string of the molecule is Cc1ccncc1-c1ncc(CN)c(C(C)C)n1. The molecule has 0 saturated heterocycles. The molecule has 0 radical (unpaired) electrons. The van der Waals surface area contributed by atoms with Gasteiger partial charge in [-0.1, -0.05) is 13.8 Å². The smallest absolute Gasteiger partial charge is 0.161 e. The van der Waals surface area contributed by atoms with Crippen molar-refractivity contribution in [1.29, 1.82) is 0 Å². The van der Waals surface area contributed by atoms with Gasteiger partial charge in [0, 0.05) is 36.3 Å². The minimum Gasteiger partial charge on any atom is -0.326 e. The fraction of sp³-hybridized carbons (Fsp3) is 0.357. The third kappa shape index (κ3) is 2.38. The quantitative estimate of drug-likeness (QED) is 0.897. The minimum atomic E-state index is 0.335. The Kier molecular flexibility index (Phi) is 3.67. The molecule has 0 aliphatic carbocycles. The zero-order valence-corrected chi connectivity index (χ0v) is 11.0. The standard InChI is InChI=1S/C14H18N4/c1-9(2)13-11(6-15)7-17-14(18-13)12-8-16-5-4-10(12)3/h4-5,7-9H,6,15H2,1-3H3. The van der Waals surface area contributed by atoms with Crippen LogP contribution in [-0.2, 0) is 6.54 Å². The molecule has 2 rings (SSSR count). The predicted octanol–water partition coefficient (Wildman–Crippen LogP) is 2.43. The molecule has 4 nitrogen and oxygen atoms in total. The van der Waals surface area contributed by atoms with E-state index in [0.29, 0.717) is 12.5 Å². The topological polar surface area (TPSA) is 64.7 Å². The summed E-state index contributed by atoms with van der Waals surface area (Å²) in [5.41, 5.74) is 9.84. The van der Waals surface area contributed by atoms with Crippen molar-refractivity contribution in [3.63, 3.8) is 0 Å². The molecule has 94 valence electrons. The summed E-state index contributed by atoms with van der Waals surface area (Å²) in [5.74, 6) is 1.06. The molecule has 0 saturated carbocycles. The minimum absolute atomic E-state index is 0.335. The van der Waals surface area contributed by atoms with Gasteiger partial charge in [0.15, 0.2) is 5.82 Å². The van der Waals surface area contributed by atoms with E-state index >= 15 is 0 Å². The summed E-state index contributed by atoms with van der Waals surface area (Å²) in [6.45, 7) is 6.73. The molecule has 0 unspecified atom stereocenters. The number of nitrogens with zero attached hydrogens (tertiary/aromatic N) is 3. The van der Waals surface area contributed by atoms with Gasteiger partial charge in [0.2, 0.25) is 0 Å². The molecule has 2 heterocycles. The summed E-state index contributed by atoms with van der Waals surface area (Å²) < 4.78 is 0. The van der Waals surface area contributed by atoms with Crippen molar-refractivity contribution in [2.45, 2.75) is 33.2 Å². The zero-order chi connectivity index (χ0) is 13.1. The van der Waals surface area contributed by atoms with E-state index < -0.39 is 0 Å². The Morgan fingerprint density at radius 1 is 1.28 bits per heavy atom. The van der Waals surface area contributed by atoms with Gasteiger partial charge in [0.25, 0.3) is 0 Å². The first-order valence-electron chi connectivity index (χ1n) is 6.10. The van der Waals surface area contributed by atoms with E-state index in [1.54, 1.807) is 12.4 Å². The molecule has 0 spiro atoms. The van der Waals surface area contributed by atoms with Crippen LogP contribution in [0, 0.1) is 6.92 Å². The van der Waals surface area contributed by atoms with E-state index in [0.717, 1.165) is 28.2 Å². The molecule has 0 bridgehead atoms. The fourth-order valence-corrected chi connectivity index (χ4v) is 1.90. The number of rotatable bonds is 3. The van der Waals surface area contributed by atoms with E-state index in [2.05, 4.69) is 28.8 Å². The first-order valence-corrected chi connectivity index (χ1v) is 6.10. The normalized spacial score (nSPS) is 10.9. The van der Waals surface area contributed by atoms with E-state index in [4.69, 9.17) is 5.73 Å². The summed E-state index contributed by atoms with van der Waals surface area (Å²) in [7, 11) is 0. The third-order valence-electron chi connectivity index (χ3n) is 2.94. The second-order valence-electron chi connectivity index (χ2n) is 4.65. The van der Waals surface area contributed by atoms with Gasteiger partial charge in [-0.05, 0) is 24.5 Å². The lowest BCUT2D eigenvalue weighted by Gasteiger charge is -2.12. The first-order chi connectivity index (χ1) is 8.63. The second kappa shape index (κ2) is 5.23. The molecule has 0 aromatic carbocycles. The number of aryl methyl sites for hydroxylation is 1. The first kappa shape index (κ1) is 12.6. The van der Waals surface area contributed by atoms with E-state index in [9.17, 15) is 0 Å². The maximum absolute atomic E-state index is 5.71. The molecule has 2 N–H and O–H groups in total. The fourth-order valence-electron chi connectivity index (χ4n) is 1.90. The summed E-state index contributed by atoms with van der Waals surface area (Å²) >= 11 is 0. The van der Waals surface area contributed by atoms with Crippen LogP contribution in [0.2, 0.25) is 0 Å². The van der Waals surface area contributed by atoms with Gasteiger partial charge in [-0.15, -0.1) is 0 Å². The highest BCUT2D eigenvalue weighted by atomic mass is 14.9. The summed E-state index contributed by atoms with van der Waals surface area (Å²) in [6.07, 6.45) is 5.40. The van der Waals surface area contributed by atoms with Crippen LogP contribution < -0.4 is 5.73 Å². The molecule has 4 heteroatoms. The molecule has 18 heavy (non-hydrogen) atoms. The molecule has 2 aromatic rings. The lowest BCUT2D eigenvalue weighted by atomic mass is 10.0. The number of hydrogen-bond donors (Lipinski definition) is 1. The Labute approximate surface area is 107 Å². The molecule has 0 amide bonds. The van der Waals surface area contributed by atoms with Crippen molar-refractivity contribution in [2.75, 3.05) is 0 Å². The Balaban J connectivity index is 2.54. The predicted molar refractivity (Wildman–Crippen MR) is 72.0 cm³/mol. The number of nitrogens with two attached hydrogens (primary N) is 1. The maximum atomic E-state index is 5.71. The average molecular weight is 242 g/mol. The van der Waals surface area contributed by atoms with Crippen molar-refractivity contribution in [3.05, 3.63) is 41.5 Å². The van der Waals surface area contributed by atoms with Gasteiger partial charge in [0.1, 0.15) is 0 Å². The lowest BCUT2D eigenvalue weighted by molar-refractivity contribution is 0.787. The molecule has 0 atom stereocenters. The molecule has 0 aliphatic heterocycles. The van der Waals surface area contributed by atoms with Gasteiger partial charge < -0.3 is 5.73 Å². The van der Waals surface area contributed by atoms with E-state index in [-0.39, 0.29) is 0 Å². The molecule has 0 aliphatic rings. The van der Waals surface area contributed by atoms with Crippen molar-refractivity contribution in [1.82, 2.24) is 15.0 Å². The van der Waals surface area contributed by atoms with Crippen molar-refractivity contribution in [2.24, 2.45) is 5.73 Å². The van der Waals surface area contributed by atoms with Gasteiger partial charge in [-0.3, -0.25) is 4.98 Å². The van der Waals surface area contributed by atoms with Crippen molar-refractivity contribution in [3.8, 4) is 11.4 Å². The largest absolute Gasteiger partial charge is 0.326 e. The zero-order valence-electron chi connectivity index (χ0n) is 11.0. The summed E-state index contributed by atoms with van der Waals surface area (Å²) in [4.78, 5) is 13.2. The Morgan fingerprint density at radius 3 is 2.67 bits per heavy atom. The number of aromatic nitrogens is 3. The lowest BCUT2D eigenvalue weighted by Crippen LogP contribution is -2.08. The van der Waals surface area contributed by atoms with Gasteiger partial charge in [0.05, 0.1) is 5.69 Å².